The van der Waals surface area contributed by atoms with Crippen molar-refractivity contribution in [2.24, 2.45) is 4.99 Å². The van der Waals surface area contributed by atoms with Gasteiger partial charge in [-0.05, 0) is 30.7 Å². The van der Waals surface area contributed by atoms with Crippen molar-refractivity contribution in [1.82, 2.24) is 15.3 Å². The molecule has 3 aromatic rings. The summed E-state index contributed by atoms with van der Waals surface area (Å²) in [5, 5.41) is 21.5. The number of aromatic hydroxyl groups is 1. The molecule has 0 fully saturated rings. The lowest BCUT2D eigenvalue weighted by Crippen LogP contribution is -2.35. The van der Waals surface area contributed by atoms with Gasteiger partial charge in [0.15, 0.2) is 11.1 Å². The number of hydrogen-bond donors (Lipinski definition) is 3. The van der Waals surface area contributed by atoms with Crippen molar-refractivity contribution < 1.29 is 5.11 Å². The highest BCUT2D eigenvalue weighted by Gasteiger charge is 2.12. The van der Waals surface area contributed by atoms with Crippen LogP contribution in [0.25, 0.3) is 22.0 Å². The average molecular weight is 357 g/mol. The lowest BCUT2D eigenvalue weighted by Gasteiger charge is -2.13. The van der Waals surface area contributed by atoms with Crippen LogP contribution in [0.1, 0.15) is 6.42 Å². The Morgan fingerprint density at radius 2 is 1.83 bits per heavy atom. The van der Waals surface area contributed by atoms with Gasteiger partial charge in [0.25, 0.3) is 0 Å². The molecule has 0 amide bonds. The molecule has 8 heteroatoms. The summed E-state index contributed by atoms with van der Waals surface area (Å²) in [4.78, 5) is 13.6. The fourth-order valence-electron chi connectivity index (χ4n) is 2.29. The first kappa shape index (κ1) is 15.1. The first-order valence-corrected chi connectivity index (χ1v) is 9.30. The first-order chi connectivity index (χ1) is 11.8. The number of guanidine groups is 1. The normalized spacial score (nSPS) is 14.1. The van der Waals surface area contributed by atoms with Gasteiger partial charge in [0.05, 0.1) is 0 Å². The number of rotatable bonds is 3. The van der Waals surface area contributed by atoms with E-state index in [1.54, 1.807) is 23.5 Å². The minimum absolute atomic E-state index is 0.255. The van der Waals surface area contributed by atoms with Gasteiger partial charge in [0.2, 0.25) is 0 Å². The predicted octanol–water partition coefficient (Wildman–Crippen LogP) is 3.40. The molecular weight excluding hydrogens is 342 g/mol. The second-order valence-electron chi connectivity index (χ2n) is 5.26. The fourth-order valence-corrected chi connectivity index (χ4v) is 3.82. The van der Waals surface area contributed by atoms with Crippen molar-refractivity contribution in [3.8, 4) is 27.7 Å². The van der Waals surface area contributed by atoms with E-state index >= 15 is 0 Å². The van der Waals surface area contributed by atoms with Crippen LogP contribution in [0.5, 0.6) is 5.75 Å². The maximum Gasteiger partial charge on any atom is 0.197 e. The second kappa shape index (κ2) is 6.58. The van der Waals surface area contributed by atoms with Gasteiger partial charge in [-0.2, -0.15) is 0 Å². The van der Waals surface area contributed by atoms with Crippen LogP contribution >= 0.6 is 22.7 Å². The Bertz CT molecular complexity index is 869. The molecule has 0 saturated carbocycles. The highest BCUT2D eigenvalue weighted by Crippen LogP contribution is 2.31. The third kappa shape index (κ3) is 3.24. The Morgan fingerprint density at radius 3 is 2.62 bits per heavy atom. The highest BCUT2D eigenvalue weighted by molar-refractivity contribution is 7.14. The molecule has 0 bridgehead atoms. The largest absolute Gasteiger partial charge is 0.508 e. The standard InChI is InChI=1S/C16H15N5OS2/c22-11-4-2-10(3-5-11)14-19-12(8-23-14)13-9-24-16(20-13)21-15-17-6-1-7-18-15/h2-5,8-9,22H,1,6-7H2,(H2,17,18,20,21). The molecule has 2 aromatic heterocycles. The SMILES string of the molecule is Oc1ccc(-c2nc(-c3csc(NC4=NCCCN4)n3)cs2)cc1. The zero-order chi connectivity index (χ0) is 16.4. The number of aromatic nitrogens is 2. The monoisotopic (exact) mass is 357 g/mol. The third-order valence-corrected chi connectivity index (χ3v) is 5.16. The van der Waals surface area contributed by atoms with Crippen LogP contribution in [0, 0.1) is 0 Å². The Hall–Kier alpha value is -2.45. The van der Waals surface area contributed by atoms with Gasteiger partial charge in [-0.25, -0.2) is 9.97 Å². The lowest BCUT2D eigenvalue weighted by molar-refractivity contribution is 0.475. The van der Waals surface area contributed by atoms with E-state index in [2.05, 4.69) is 25.6 Å². The summed E-state index contributed by atoms with van der Waals surface area (Å²) in [7, 11) is 0. The van der Waals surface area contributed by atoms with Gasteiger partial charge >= 0.3 is 0 Å². The molecule has 1 aliphatic heterocycles. The van der Waals surface area contributed by atoms with Crippen LogP contribution in [0.15, 0.2) is 40.0 Å². The van der Waals surface area contributed by atoms with Gasteiger partial charge in [-0.1, -0.05) is 0 Å². The molecule has 0 radical (unpaired) electrons. The highest BCUT2D eigenvalue weighted by atomic mass is 32.1. The quantitative estimate of drug-likeness (QED) is 0.669. The van der Waals surface area contributed by atoms with Crippen molar-refractivity contribution in [2.45, 2.75) is 6.42 Å². The van der Waals surface area contributed by atoms with Crippen LogP contribution in [0.2, 0.25) is 0 Å². The number of benzene rings is 1. The molecule has 122 valence electrons. The molecule has 3 N–H and O–H groups in total. The van der Waals surface area contributed by atoms with E-state index in [4.69, 9.17) is 0 Å². The molecule has 24 heavy (non-hydrogen) atoms. The van der Waals surface area contributed by atoms with Crippen LogP contribution in [-0.4, -0.2) is 34.1 Å². The molecule has 3 heterocycles. The summed E-state index contributed by atoms with van der Waals surface area (Å²) < 4.78 is 0. The summed E-state index contributed by atoms with van der Waals surface area (Å²) in [6.07, 6.45) is 1.06. The molecule has 4 rings (SSSR count). The van der Waals surface area contributed by atoms with Gasteiger partial charge in [0, 0.05) is 29.4 Å². The van der Waals surface area contributed by atoms with Gasteiger partial charge in [-0.3, -0.25) is 4.99 Å². The topological polar surface area (TPSA) is 82.4 Å². The van der Waals surface area contributed by atoms with E-state index in [0.29, 0.717) is 0 Å². The maximum atomic E-state index is 9.38. The van der Waals surface area contributed by atoms with Crippen LogP contribution in [0.3, 0.4) is 0 Å². The number of nitrogens with zero attached hydrogens (tertiary/aromatic N) is 3. The Balaban J connectivity index is 1.52. The number of nitrogens with one attached hydrogen (secondary N) is 2. The van der Waals surface area contributed by atoms with Crippen LogP contribution < -0.4 is 10.6 Å². The van der Waals surface area contributed by atoms with Gasteiger partial charge in [0.1, 0.15) is 22.1 Å². The Kier molecular flexibility index (Phi) is 4.14. The summed E-state index contributed by atoms with van der Waals surface area (Å²) >= 11 is 3.10. The number of aliphatic imine (C=N–C) groups is 1. The molecule has 1 aliphatic rings. The van der Waals surface area contributed by atoms with Crippen molar-refractivity contribution in [3.63, 3.8) is 0 Å². The van der Waals surface area contributed by atoms with Gasteiger partial charge < -0.3 is 15.7 Å². The Labute approximate surface area is 147 Å². The van der Waals surface area contributed by atoms with Crippen molar-refractivity contribution in [1.29, 1.82) is 0 Å². The Morgan fingerprint density at radius 1 is 1.04 bits per heavy atom. The van der Waals surface area contributed by atoms with Crippen LogP contribution in [-0.2, 0) is 0 Å². The number of anilines is 1. The smallest absolute Gasteiger partial charge is 0.197 e. The van der Waals surface area contributed by atoms with E-state index in [9.17, 15) is 5.11 Å². The molecule has 0 spiro atoms. The minimum Gasteiger partial charge on any atom is -0.508 e. The molecule has 6 nitrogen and oxygen atoms in total. The van der Waals surface area contributed by atoms with Gasteiger partial charge in [-0.15, -0.1) is 22.7 Å². The summed E-state index contributed by atoms with van der Waals surface area (Å²) in [5.74, 6) is 1.04. The fraction of sp³-hybridized carbons (Fsp3) is 0.188. The number of thiazole rings is 2. The summed E-state index contributed by atoms with van der Waals surface area (Å²) in [5.41, 5.74) is 2.68. The van der Waals surface area contributed by atoms with Crippen LogP contribution in [0.4, 0.5) is 5.13 Å². The summed E-state index contributed by atoms with van der Waals surface area (Å²) in [6.45, 7) is 1.78. The van der Waals surface area contributed by atoms with Crippen molar-refractivity contribution in [3.05, 3.63) is 35.0 Å². The minimum atomic E-state index is 0.255. The average Bonchev–Trinajstić information content (AvgIpc) is 3.26. The van der Waals surface area contributed by atoms with E-state index in [1.807, 2.05) is 22.9 Å². The van der Waals surface area contributed by atoms with E-state index in [1.165, 1.54) is 11.3 Å². The number of phenols is 1. The molecule has 0 saturated heterocycles. The third-order valence-electron chi connectivity index (χ3n) is 3.51. The molecule has 1 aromatic carbocycles. The number of phenolic OH excluding ortho intramolecular Hbond substituents is 1. The first-order valence-electron chi connectivity index (χ1n) is 7.54. The zero-order valence-electron chi connectivity index (χ0n) is 12.7. The second-order valence-corrected chi connectivity index (χ2v) is 6.97. The lowest BCUT2D eigenvalue weighted by atomic mass is 10.2. The molecule has 0 unspecified atom stereocenters. The maximum absolute atomic E-state index is 9.38. The zero-order valence-corrected chi connectivity index (χ0v) is 14.3. The van der Waals surface area contributed by atoms with Crippen molar-refractivity contribution in [2.75, 3.05) is 18.4 Å². The van der Waals surface area contributed by atoms with E-state index in [0.717, 1.165) is 52.6 Å². The number of hydrogen-bond acceptors (Lipinski definition) is 8. The predicted molar refractivity (Wildman–Crippen MR) is 98.9 cm³/mol. The molecular formula is C16H15N5OS2. The van der Waals surface area contributed by atoms with E-state index in [-0.39, 0.29) is 5.75 Å². The summed E-state index contributed by atoms with van der Waals surface area (Å²) in [6, 6.07) is 7.05. The molecule has 0 atom stereocenters. The molecule has 0 aliphatic carbocycles. The van der Waals surface area contributed by atoms with Crippen molar-refractivity contribution >= 4 is 33.8 Å². The van der Waals surface area contributed by atoms with E-state index < -0.39 is 0 Å².